The molecule has 0 fully saturated rings. The van der Waals surface area contributed by atoms with Crippen LogP contribution in [0.1, 0.15) is 15.2 Å². The van der Waals surface area contributed by atoms with E-state index in [1.54, 1.807) is 11.3 Å². The number of hydrogen-bond donors (Lipinski definition) is 2. The molecular formula is C11H11N3O2S. The highest BCUT2D eigenvalue weighted by molar-refractivity contribution is 7.09. The summed E-state index contributed by atoms with van der Waals surface area (Å²) in [5, 5.41) is 14.0. The van der Waals surface area contributed by atoms with Crippen molar-refractivity contribution in [2.75, 3.05) is 11.9 Å². The first-order valence-electron chi connectivity index (χ1n) is 5.07. The fraction of sp³-hybridized carbons (Fsp3) is 0.182. The van der Waals surface area contributed by atoms with Crippen molar-refractivity contribution in [3.63, 3.8) is 0 Å². The molecule has 0 bridgehead atoms. The fourth-order valence-electron chi connectivity index (χ4n) is 1.39. The van der Waals surface area contributed by atoms with Gasteiger partial charge in [0, 0.05) is 17.6 Å². The van der Waals surface area contributed by atoms with Gasteiger partial charge in [0.1, 0.15) is 17.7 Å². The number of thiophene rings is 1. The van der Waals surface area contributed by atoms with E-state index in [1.165, 1.54) is 17.4 Å². The van der Waals surface area contributed by atoms with E-state index in [0.29, 0.717) is 12.4 Å². The largest absolute Gasteiger partial charge is 0.477 e. The van der Waals surface area contributed by atoms with Gasteiger partial charge in [0.2, 0.25) is 0 Å². The van der Waals surface area contributed by atoms with Crippen molar-refractivity contribution in [1.82, 2.24) is 9.97 Å². The van der Waals surface area contributed by atoms with Gasteiger partial charge in [-0.05, 0) is 17.9 Å². The zero-order valence-electron chi connectivity index (χ0n) is 8.96. The van der Waals surface area contributed by atoms with E-state index in [1.807, 2.05) is 17.5 Å². The summed E-state index contributed by atoms with van der Waals surface area (Å²) in [4.78, 5) is 19.8. The van der Waals surface area contributed by atoms with Crippen LogP contribution in [0, 0.1) is 0 Å². The second kappa shape index (κ2) is 5.40. The molecule has 0 aliphatic heterocycles. The van der Waals surface area contributed by atoms with Gasteiger partial charge in [-0.2, -0.15) is 0 Å². The lowest BCUT2D eigenvalue weighted by Crippen LogP contribution is -2.11. The molecule has 0 atom stereocenters. The van der Waals surface area contributed by atoms with Gasteiger partial charge in [0.25, 0.3) is 0 Å². The third kappa shape index (κ3) is 3.01. The topological polar surface area (TPSA) is 75.1 Å². The van der Waals surface area contributed by atoms with Gasteiger partial charge in [-0.15, -0.1) is 11.3 Å². The number of aromatic nitrogens is 2. The number of carbonyl (C=O) groups is 1. The summed E-state index contributed by atoms with van der Waals surface area (Å²) in [6.07, 6.45) is 3.48. The Morgan fingerprint density at radius 2 is 2.41 bits per heavy atom. The van der Waals surface area contributed by atoms with Crippen molar-refractivity contribution in [2.24, 2.45) is 0 Å². The predicted octanol–water partition coefficient (Wildman–Crippen LogP) is 1.89. The van der Waals surface area contributed by atoms with Crippen molar-refractivity contribution < 1.29 is 9.90 Å². The second-order valence-corrected chi connectivity index (χ2v) is 4.38. The second-order valence-electron chi connectivity index (χ2n) is 3.35. The maximum absolute atomic E-state index is 10.9. The van der Waals surface area contributed by atoms with Crippen molar-refractivity contribution in [2.45, 2.75) is 6.42 Å². The molecule has 2 aromatic rings. The molecule has 2 aromatic heterocycles. The normalized spacial score (nSPS) is 10.1. The fourth-order valence-corrected chi connectivity index (χ4v) is 2.09. The zero-order valence-corrected chi connectivity index (χ0v) is 9.78. The summed E-state index contributed by atoms with van der Waals surface area (Å²) >= 11 is 1.68. The van der Waals surface area contributed by atoms with Gasteiger partial charge in [-0.3, -0.25) is 0 Å². The highest BCUT2D eigenvalue weighted by atomic mass is 32.1. The van der Waals surface area contributed by atoms with Crippen LogP contribution >= 0.6 is 11.3 Å². The minimum Gasteiger partial charge on any atom is -0.477 e. The van der Waals surface area contributed by atoms with Crippen molar-refractivity contribution in [3.8, 4) is 0 Å². The quantitative estimate of drug-likeness (QED) is 0.846. The Kier molecular flexibility index (Phi) is 3.66. The van der Waals surface area contributed by atoms with Gasteiger partial charge in [0.15, 0.2) is 0 Å². The van der Waals surface area contributed by atoms with Crippen LogP contribution < -0.4 is 5.32 Å². The first-order chi connectivity index (χ1) is 8.27. The van der Waals surface area contributed by atoms with Crippen LogP contribution in [0.3, 0.4) is 0 Å². The minimum atomic E-state index is -1.02. The lowest BCUT2D eigenvalue weighted by Gasteiger charge is -2.06. The summed E-state index contributed by atoms with van der Waals surface area (Å²) in [7, 11) is 0. The van der Waals surface area contributed by atoms with E-state index in [2.05, 4.69) is 15.3 Å². The van der Waals surface area contributed by atoms with E-state index >= 15 is 0 Å². The molecule has 0 amide bonds. The molecule has 88 valence electrons. The highest BCUT2D eigenvalue weighted by Crippen LogP contribution is 2.12. The molecule has 2 rings (SSSR count). The predicted molar refractivity (Wildman–Crippen MR) is 65.5 cm³/mol. The van der Waals surface area contributed by atoms with E-state index in [4.69, 9.17) is 5.11 Å². The van der Waals surface area contributed by atoms with E-state index in [0.717, 1.165) is 6.42 Å². The number of rotatable bonds is 5. The Morgan fingerprint density at radius 1 is 1.53 bits per heavy atom. The molecular weight excluding hydrogens is 238 g/mol. The summed E-state index contributed by atoms with van der Waals surface area (Å²) in [6.45, 7) is 0.651. The van der Waals surface area contributed by atoms with E-state index in [-0.39, 0.29) is 5.56 Å². The third-order valence-electron chi connectivity index (χ3n) is 2.19. The standard InChI is InChI=1S/C11H11N3O2S/c15-11(16)9-6-12-7-14-10(9)13-4-3-8-2-1-5-17-8/h1-2,5-7H,3-4H2,(H,15,16)(H,12,13,14). The molecule has 0 aromatic carbocycles. The summed E-state index contributed by atoms with van der Waals surface area (Å²) in [6, 6.07) is 4.04. The number of anilines is 1. The lowest BCUT2D eigenvalue weighted by atomic mass is 10.3. The van der Waals surface area contributed by atoms with Crippen LogP contribution in [0.2, 0.25) is 0 Å². The van der Waals surface area contributed by atoms with Gasteiger partial charge >= 0.3 is 5.97 Å². The van der Waals surface area contributed by atoms with E-state index < -0.39 is 5.97 Å². The van der Waals surface area contributed by atoms with Crippen LogP contribution in [-0.2, 0) is 6.42 Å². The molecule has 17 heavy (non-hydrogen) atoms. The number of hydrogen-bond acceptors (Lipinski definition) is 5. The number of nitrogens with one attached hydrogen (secondary N) is 1. The van der Waals surface area contributed by atoms with Crippen molar-refractivity contribution in [1.29, 1.82) is 0 Å². The lowest BCUT2D eigenvalue weighted by molar-refractivity contribution is 0.0697. The molecule has 0 saturated carbocycles. The summed E-state index contributed by atoms with van der Waals surface area (Å²) in [5.74, 6) is -0.659. The van der Waals surface area contributed by atoms with Gasteiger partial charge in [-0.1, -0.05) is 6.07 Å². The highest BCUT2D eigenvalue weighted by Gasteiger charge is 2.10. The Morgan fingerprint density at radius 3 is 3.12 bits per heavy atom. The smallest absolute Gasteiger partial charge is 0.341 e. The van der Waals surface area contributed by atoms with Crippen LogP contribution in [0.5, 0.6) is 0 Å². The molecule has 2 N–H and O–H groups in total. The zero-order chi connectivity index (χ0) is 12.1. The van der Waals surface area contributed by atoms with Crippen molar-refractivity contribution in [3.05, 3.63) is 40.5 Å². The van der Waals surface area contributed by atoms with Gasteiger partial charge in [-0.25, -0.2) is 14.8 Å². The third-order valence-corrected chi connectivity index (χ3v) is 3.12. The van der Waals surface area contributed by atoms with E-state index in [9.17, 15) is 4.79 Å². The number of carboxylic acid groups (broad SMARTS) is 1. The summed E-state index contributed by atoms with van der Waals surface area (Å²) in [5.41, 5.74) is 0.0960. The molecule has 0 aliphatic rings. The molecule has 5 nitrogen and oxygen atoms in total. The molecule has 2 heterocycles. The average Bonchev–Trinajstić information content (AvgIpc) is 2.82. The molecule has 6 heteroatoms. The monoisotopic (exact) mass is 249 g/mol. The number of carboxylic acids is 1. The maximum Gasteiger partial charge on any atom is 0.341 e. The summed E-state index contributed by atoms with van der Waals surface area (Å²) < 4.78 is 0. The SMILES string of the molecule is O=C(O)c1cncnc1NCCc1cccs1. The maximum atomic E-state index is 10.9. The first-order valence-corrected chi connectivity index (χ1v) is 5.95. The Bertz CT molecular complexity index is 499. The van der Waals surface area contributed by atoms with Crippen LogP contribution in [0.25, 0.3) is 0 Å². The molecule has 0 unspecified atom stereocenters. The van der Waals surface area contributed by atoms with Crippen LogP contribution in [0.15, 0.2) is 30.0 Å². The molecule has 0 radical (unpaired) electrons. The Balaban J connectivity index is 1.97. The average molecular weight is 249 g/mol. The van der Waals surface area contributed by atoms with Crippen molar-refractivity contribution >= 4 is 23.1 Å². The van der Waals surface area contributed by atoms with Gasteiger partial charge in [0.05, 0.1) is 0 Å². The molecule has 0 aliphatic carbocycles. The molecule has 0 spiro atoms. The van der Waals surface area contributed by atoms with Crippen LogP contribution in [0.4, 0.5) is 5.82 Å². The minimum absolute atomic E-state index is 0.0960. The number of nitrogens with zero attached hydrogens (tertiary/aromatic N) is 2. The first kappa shape index (κ1) is 11.5. The van der Waals surface area contributed by atoms with Crippen LogP contribution in [-0.4, -0.2) is 27.6 Å². The number of aromatic carboxylic acids is 1. The van der Waals surface area contributed by atoms with Gasteiger partial charge < -0.3 is 10.4 Å². The Labute approximate surface area is 102 Å². The molecule has 0 saturated heterocycles. The Hall–Kier alpha value is -1.95.